The maximum absolute atomic E-state index is 12.2. The lowest BCUT2D eigenvalue weighted by molar-refractivity contribution is 0.102. The Morgan fingerprint density at radius 1 is 1.14 bits per heavy atom. The molecule has 3 N–H and O–H groups in total. The third kappa shape index (κ3) is 3.61. The molecular formula is C17H19NO3. The summed E-state index contributed by atoms with van der Waals surface area (Å²) in [6, 6.07) is 10.8. The standard InChI is InChI=1S/C17H19NO3/c1-11-9-12(2)16(20)15(10-11)17(21)18-14-5-3-13(4-6-14)7-8-19/h3-6,9-10,19-20H,7-8H2,1-2H3,(H,18,21). The fourth-order valence-corrected chi connectivity index (χ4v) is 2.22. The van der Waals surface area contributed by atoms with Crippen LogP contribution in [0.15, 0.2) is 36.4 Å². The van der Waals surface area contributed by atoms with E-state index in [1.165, 1.54) is 0 Å². The maximum atomic E-state index is 12.2. The van der Waals surface area contributed by atoms with Gasteiger partial charge in [0.15, 0.2) is 0 Å². The van der Waals surface area contributed by atoms with Crippen LogP contribution in [-0.2, 0) is 6.42 Å². The van der Waals surface area contributed by atoms with E-state index in [0.29, 0.717) is 17.7 Å². The van der Waals surface area contributed by atoms with Gasteiger partial charge in [-0.3, -0.25) is 4.79 Å². The first-order valence-corrected chi connectivity index (χ1v) is 6.82. The second-order valence-corrected chi connectivity index (χ2v) is 5.10. The van der Waals surface area contributed by atoms with Gasteiger partial charge in [-0.1, -0.05) is 18.2 Å². The zero-order valence-electron chi connectivity index (χ0n) is 12.2. The van der Waals surface area contributed by atoms with Gasteiger partial charge in [0.25, 0.3) is 5.91 Å². The summed E-state index contributed by atoms with van der Waals surface area (Å²) < 4.78 is 0. The van der Waals surface area contributed by atoms with Gasteiger partial charge in [0.1, 0.15) is 5.75 Å². The van der Waals surface area contributed by atoms with E-state index in [4.69, 9.17) is 5.11 Å². The van der Waals surface area contributed by atoms with Crippen LogP contribution in [0.4, 0.5) is 5.69 Å². The molecule has 0 radical (unpaired) electrons. The van der Waals surface area contributed by atoms with Crippen LogP contribution in [0.2, 0.25) is 0 Å². The van der Waals surface area contributed by atoms with Gasteiger partial charge < -0.3 is 15.5 Å². The number of aliphatic hydroxyl groups is 1. The van der Waals surface area contributed by atoms with Crippen molar-refractivity contribution in [2.75, 3.05) is 11.9 Å². The number of nitrogens with one attached hydrogen (secondary N) is 1. The van der Waals surface area contributed by atoms with Gasteiger partial charge in [0.05, 0.1) is 5.56 Å². The Kier molecular flexibility index (Phi) is 4.60. The number of benzene rings is 2. The lowest BCUT2D eigenvalue weighted by Crippen LogP contribution is -2.12. The van der Waals surface area contributed by atoms with Gasteiger partial charge in [-0.15, -0.1) is 0 Å². The normalized spacial score (nSPS) is 10.4. The second kappa shape index (κ2) is 6.41. The fraction of sp³-hybridized carbons (Fsp3) is 0.235. The quantitative estimate of drug-likeness (QED) is 0.809. The van der Waals surface area contributed by atoms with Crippen LogP contribution in [-0.4, -0.2) is 22.7 Å². The lowest BCUT2D eigenvalue weighted by Gasteiger charge is -2.10. The molecule has 110 valence electrons. The molecule has 0 atom stereocenters. The molecule has 4 nitrogen and oxygen atoms in total. The van der Waals surface area contributed by atoms with Crippen molar-refractivity contribution in [3.8, 4) is 5.75 Å². The summed E-state index contributed by atoms with van der Waals surface area (Å²) in [7, 11) is 0. The van der Waals surface area contributed by atoms with Crippen molar-refractivity contribution in [3.63, 3.8) is 0 Å². The predicted molar refractivity (Wildman–Crippen MR) is 82.8 cm³/mol. The first-order valence-electron chi connectivity index (χ1n) is 6.82. The summed E-state index contributed by atoms with van der Waals surface area (Å²) in [6.45, 7) is 3.75. The zero-order valence-corrected chi connectivity index (χ0v) is 12.2. The lowest BCUT2D eigenvalue weighted by atomic mass is 10.0. The molecule has 1 amide bonds. The summed E-state index contributed by atoms with van der Waals surface area (Å²) in [5, 5.41) is 21.6. The largest absolute Gasteiger partial charge is 0.507 e. The van der Waals surface area contributed by atoms with E-state index in [1.807, 2.05) is 25.1 Å². The number of hydrogen-bond acceptors (Lipinski definition) is 3. The Labute approximate surface area is 124 Å². The highest BCUT2D eigenvalue weighted by Gasteiger charge is 2.13. The van der Waals surface area contributed by atoms with Gasteiger partial charge in [-0.05, 0) is 55.2 Å². The molecule has 0 aliphatic heterocycles. The number of rotatable bonds is 4. The highest BCUT2D eigenvalue weighted by molar-refractivity contribution is 6.06. The number of hydrogen-bond donors (Lipinski definition) is 3. The van der Waals surface area contributed by atoms with E-state index in [1.54, 1.807) is 25.1 Å². The zero-order chi connectivity index (χ0) is 15.4. The van der Waals surface area contributed by atoms with Gasteiger partial charge in [-0.2, -0.15) is 0 Å². The van der Waals surface area contributed by atoms with Gasteiger partial charge >= 0.3 is 0 Å². The van der Waals surface area contributed by atoms with Crippen molar-refractivity contribution in [1.29, 1.82) is 0 Å². The predicted octanol–water partition coefficient (Wildman–Crippen LogP) is 2.80. The molecule has 2 aromatic carbocycles. The summed E-state index contributed by atoms with van der Waals surface area (Å²) in [4.78, 5) is 12.2. The molecule has 0 aromatic heterocycles. The van der Waals surface area contributed by atoms with E-state index < -0.39 is 0 Å². The van der Waals surface area contributed by atoms with Crippen molar-refractivity contribution in [2.24, 2.45) is 0 Å². The molecule has 21 heavy (non-hydrogen) atoms. The topological polar surface area (TPSA) is 69.6 Å². The molecule has 2 rings (SSSR count). The molecule has 0 fully saturated rings. The van der Waals surface area contributed by atoms with Crippen molar-refractivity contribution < 1.29 is 15.0 Å². The van der Waals surface area contributed by atoms with E-state index in [9.17, 15) is 9.90 Å². The first kappa shape index (κ1) is 15.1. The van der Waals surface area contributed by atoms with Gasteiger partial charge in [-0.25, -0.2) is 0 Å². The highest BCUT2D eigenvalue weighted by atomic mass is 16.3. The Hall–Kier alpha value is -2.33. The smallest absolute Gasteiger partial charge is 0.259 e. The molecule has 0 spiro atoms. The summed E-state index contributed by atoms with van der Waals surface area (Å²) >= 11 is 0. The fourth-order valence-electron chi connectivity index (χ4n) is 2.22. The van der Waals surface area contributed by atoms with Crippen molar-refractivity contribution in [3.05, 3.63) is 58.7 Å². The minimum atomic E-state index is -0.339. The Morgan fingerprint density at radius 3 is 2.43 bits per heavy atom. The Morgan fingerprint density at radius 2 is 1.81 bits per heavy atom. The van der Waals surface area contributed by atoms with Gasteiger partial charge in [0.2, 0.25) is 0 Å². The van der Waals surface area contributed by atoms with Crippen LogP contribution < -0.4 is 5.32 Å². The molecule has 0 bridgehead atoms. The molecule has 0 heterocycles. The van der Waals surface area contributed by atoms with Crippen LogP contribution in [0.5, 0.6) is 5.75 Å². The number of carbonyl (C=O) groups excluding carboxylic acids is 1. The second-order valence-electron chi connectivity index (χ2n) is 5.10. The Balaban J connectivity index is 2.18. The van der Waals surface area contributed by atoms with Crippen molar-refractivity contribution in [1.82, 2.24) is 0 Å². The van der Waals surface area contributed by atoms with E-state index in [2.05, 4.69) is 5.32 Å². The van der Waals surface area contributed by atoms with Crippen molar-refractivity contribution in [2.45, 2.75) is 20.3 Å². The third-order valence-corrected chi connectivity index (χ3v) is 3.30. The number of phenols is 1. The number of amides is 1. The minimum Gasteiger partial charge on any atom is -0.507 e. The highest BCUT2D eigenvalue weighted by Crippen LogP contribution is 2.24. The van der Waals surface area contributed by atoms with Crippen molar-refractivity contribution >= 4 is 11.6 Å². The number of aryl methyl sites for hydroxylation is 2. The molecule has 0 saturated heterocycles. The molecular weight excluding hydrogens is 266 g/mol. The molecule has 0 saturated carbocycles. The molecule has 0 unspecified atom stereocenters. The monoisotopic (exact) mass is 285 g/mol. The van der Waals surface area contributed by atoms with E-state index in [-0.39, 0.29) is 23.8 Å². The Bertz CT molecular complexity index is 648. The maximum Gasteiger partial charge on any atom is 0.259 e. The SMILES string of the molecule is Cc1cc(C)c(O)c(C(=O)Nc2ccc(CCO)cc2)c1. The van der Waals surface area contributed by atoms with E-state index in [0.717, 1.165) is 11.1 Å². The molecule has 0 aliphatic carbocycles. The number of phenolic OH excluding ortho intramolecular Hbond substituents is 1. The van der Waals surface area contributed by atoms with Crippen LogP contribution >= 0.6 is 0 Å². The van der Waals surface area contributed by atoms with Gasteiger partial charge in [0, 0.05) is 12.3 Å². The number of aromatic hydroxyl groups is 1. The third-order valence-electron chi connectivity index (χ3n) is 3.30. The molecule has 2 aromatic rings. The summed E-state index contributed by atoms with van der Waals surface area (Å²) in [6.07, 6.45) is 0.589. The van der Waals surface area contributed by atoms with Crippen LogP contribution in [0.1, 0.15) is 27.0 Å². The number of carbonyl (C=O) groups is 1. The molecule has 4 heteroatoms. The number of anilines is 1. The first-order chi connectivity index (χ1) is 10.0. The average Bonchev–Trinajstić information content (AvgIpc) is 2.45. The average molecular weight is 285 g/mol. The minimum absolute atomic E-state index is 0.00926. The summed E-state index contributed by atoms with van der Waals surface area (Å²) in [5.41, 5.74) is 3.53. The number of aliphatic hydroxyl groups excluding tert-OH is 1. The van der Waals surface area contributed by atoms with Crippen LogP contribution in [0.3, 0.4) is 0 Å². The summed E-state index contributed by atoms with van der Waals surface area (Å²) in [5.74, 6) is -0.329. The molecule has 0 aliphatic rings. The van der Waals surface area contributed by atoms with E-state index >= 15 is 0 Å². The van der Waals surface area contributed by atoms with Crippen LogP contribution in [0, 0.1) is 13.8 Å². The van der Waals surface area contributed by atoms with Crippen LogP contribution in [0.25, 0.3) is 0 Å².